The molecule has 4 aromatic rings. The van der Waals surface area contributed by atoms with E-state index in [4.69, 9.17) is 9.47 Å². The smallest absolute Gasteiger partial charge is 0.205 e. The number of hydrogen-bond acceptors (Lipinski definition) is 3. The summed E-state index contributed by atoms with van der Waals surface area (Å²) < 4.78 is 138. The van der Waals surface area contributed by atoms with Crippen LogP contribution in [-0.4, -0.2) is 11.3 Å². The first kappa shape index (κ1) is 27.1. The van der Waals surface area contributed by atoms with Gasteiger partial charge in [-0.15, -0.1) is 0 Å². The van der Waals surface area contributed by atoms with Crippen molar-refractivity contribution in [3.63, 3.8) is 0 Å². The van der Waals surface area contributed by atoms with E-state index in [1.165, 1.54) is 31.4 Å². The normalized spacial score (nSPS) is 11.9. The van der Waals surface area contributed by atoms with Crippen LogP contribution in [0.3, 0.4) is 0 Å². The van der Waals surface area contributed by atoms with Gasteiger partial charge in [-0.25, -0.2) is 30.6 Å². The number of rotatable bonds is 6. The van der Waals surface area contributed by atoms with Crippen LogP contribution in [0, 0.1) is 53.5 Å². The Bertz CT molecular complexity index is 1510. The fourth-order valence-corrected chi connectivity index (χ4v) is 4.66. The third-order valence-corrected chi connectivity index (χ3v) is 6.95. The molecule has 0 bridgehead atoms. The third-order valence-electron chi connectivity index (χ3n) is 5.49. The van der Waals surface area contributed by atoms with Crippen LogP contribution < -0.4 is 9.47 Å². The summed E-state index contributed by atoms with van der Waals surface area (Å²) >= 11 is 0. The van der Waals surface area contributed by atoms with Gasteiger partial charge in [0.2, 0.25) is 17.4 Å². The second-order valence-electron chi connectivity index (χ2n) is 7.75. The zero-order valence-electron chi connectivity index (χ0n) is 19.3. The molecule has 0 aliphatic rings. The topological polar surface area (TPSA) is 35.5 Å². The van der Waals surface area contributed by atoms with E-state index in [1.54, 1.807) is 24.3 Å². The van der Waals surface area contributed by atoms with Gasteiger partial charge in [0.25, 0.3) is 0 Å². The molecule has 1 atom stereocenters. The molecular formula is C26H14F8O3S. The molecule has 3 nitrogen and oxygen atoms in total. The summed E-state index contributed by atoms with van der Waals surface area (Å²) in [5.41, 5.74) is 0.244. The molecule has 0 radical (unpaired) electrons. The van der Waals surface area contributed by atoms with Crippen molar-refractivity contribution in [1.82, 2.24) is 0 Å². The first-order chi connectivity index (χ1) is 18.0. The molecule has 0 aliphatic carbocycles. The molecular weight excluding hydrogens is 544 g/mol. The number of ether oxygens (including phenoxy) is 2. The van der Waals surface area contributed by atoms with Crippen LogP contribution in [0.15, 0.2) is 58.3 Å². The maximum Gasteiger partial charge on any atom is 0.205 e. The van der Waals surface area contributed by atoms with Gasteiger partial charge >= 0.3 is 0 Å². The van der Waals surface area contributed by atoms with Crippen molar-refractivity contribution < 1.29 is 48.8 Å². The molecule has 0 aliphatic heterocycles. The largest absolute Gasteiger partial charge is 0.497 e. The predicted molar refractivity (Wildman–Crippen MR) is 120 cm³/mol. The highest BCUT2D eigenvalue weighted by Gasteiger charge is 2.35. The molecule has 0 fully saturated rings. The van der Waals surface area contributed by atoms with Crippen LogP contribution >= 0.6 is 0 Å². The maximum atomic E-state index is 14.7. The minimum absolute atomic E-state index is 0.257. The lowest BCUT2D eigenvalue weighted by Crippen LogP contribution is -2.13. The van der Waals surface area contributed by atoms with E-state index in [-0.39, 0.29) is 5.75 Å². The van der Waals surface area contributed by atoms with Gasteiger partial charge in [0.1, 0.15) is 21.3 Å². The van der Waals surface area contributed by atoms with Crippen LogP contribution in [0.5, 0.6) is 17.2 Å². The standard InChI is InChI=1S/C26H14F8O3S/c1-11-16(27)20(31)25(21(32)17(11)28)38(35)26-22(33)18(29)24(19(30)23(26)34)37-15-9-5-13(6-10-15)12-3-7-14(36-2)8-4-12/h3-10H,1-2H3. The van der Waals surface area contributed by atoms with E-state index in [0.717, 1.165) is 5.56 Å². The maximum absolute atomic E-state index is 14.7. The molecule has 0 spiro atoms. The molecule has 0 heterocycles. The third kappa shape index (κ3) is 4.60. The minimum atomic E-state index is -3.75. The van der Waals surface area contributed by atoms with E-state index < -0.39 is 78.4 Å². The second-order valence-corrected chi connectivity index (χ2v) is 9.10. The Hall–Kier alpha value is -3.93. The van der Waals surface area contributed by atoms with E-state index >= 15 is 0 Å². The van der Waals surface area contributed by atoms with E-state index in [0.29, 0.717) is 18.2 Å². The predicted octanol–water partition coefficient (Wildman–Crippen LogP) is 7.74. The second kappa shape index (κ2) is 10.4. The van der Waals surface area contributed by atoms with Crippen LogP contribution in [0.4, 0.5) is 35.1 Å². The lowest BCUT2D eigenvalue weighted by Gasteiger charge is -2.14. The Kier molecular flexibility index (Phi) is 7.45. The minimum Gasteiger partial charge on any atom is -0.497 e. The summed E-state index contributed by atoms with van der Waals surface area (Å²) in [6.45, 7) is 0.652. The monoisotopic (exact) mass is 558 g/mol. The first-order valence-corrected chi connectivity index (χ1v) is 11.6. The van der Waals surface area contributed by atoms with Crippen molar-refractivity contribution in [1.29, 1.82) is 0 Å². The van der Waals surface area contributed by atoms with Crippen molar-refractivity contribution in [2.75, 3.05) is 7.11 Å². The number of methoxy groups -OCH3 is 1. The van der Waals surface area contributed by atoms with Gasteiger partial charge in [-0.2, -0.15) is 8.78 Å². The Morgan fingerprint density at radius 1 is 0.553 bits per heavy atom. The van der Waals surface area contributed by atoms with Crippen molar-refractivity contribution in [3.8, 4) is 28.4 Å². The first-order valence-electron chi connectivity index (χ1n) is 10.5. The Balaban J connectivity index is 1.71. The summed E-state index contributed by atoms with van der Waals surface area (Å²) in [7, 11) is -2.25. The summed E-state index contributed by atoms with van der Waals surface area (Å²) in [5.74, 6) is -18.8. The van der Waals surface area contributed by atoms with E-state index in [9.17, 15) is 39.3 Å². The molecule has 1 unspecified atom stereocenters. The summed E-state index contributed by atoms with van der Waals surface area (Å²) in [5, 5.41) is 0. The number of benzene rings is 4. The van der Waals surface area contributed by atoms with Gasteiger partial charge < -0.3 is 9.47 Å². The molecule has 0 N–H and O–H groups in total. The van der Waals surface area contributed by atoms with Crippen LogP contribution in [0.2, 0.25) is 0 Å². The zero-order valence-corrected chi connectivity index (χ0v) is 20.1. The van der Waals surface area contributed by atoms with Gasteiger partial charge in [-0.1, -0.05) is 24.3 Å². The van der Waals surface area contributed by atoms with Gasteiger partial charge in [0.05, 0.1) is 17.9 Å². The molecule has 4 aromatic carbocycles. The van der Waals surface area contributed by atoms with Crippen molar-refractivity contribution in [2.45, 2.75) is 16.7 Å². The molecule has 0 saturated heterocycles. The van der Waals surface area contributed by atoms with Gasteiger partial charge in [-0.05, 0) is 42.3 Å². The average Bonchev–Trinajstić information content (AvgIpc) is 2.92. The molecule has 0 saturated carbocycles. The molecule has 198 valence electrons. The summed E-state index contributed by atoms with van der Waals surface area (Å²) in [4.78, 5) is -3.95. The summed E-state index contributed by atoms with van der Waals surface area (Å²) in [6, 6.07) is 12.3. The number of halogens is 8. The lowest BCUT2D eigenvalue weighted by molar-refractivity contribution is 0.351. The fourth-order valence-electron chi connectivity index (χ4n) is 3.45. The number of hydrogen-bond donors (Lipinski definition) is 0. The lowest BCUT2D eigenvalue weighted by atomic mass is 10.1. The van der Waals surface area contributed by atoms with E-state index in [2.05, 4.69) is 0 Å². The Morgan fingerprint density at radius 3 is 1.32 bits per heavy atom. The molecule has 4 rings (SSSR count). The summed E-state index contributed by atoms with van der Waals surface area (Å²) in [6.07, 6.45) is 0. The van der Waals surface area contributed by atoms with Crippen molar-refractivity contribution in [2.24, 2.45) is 0 Å². The SMILES string of the molecule is COc1ccc(-c2ccc(Oc3c(F)c(F)c(S(=O)c4c(F)c(F)c(C)c(F)c4F)c(F)c3F)cc2)cc1. The highest BCUT2D eigenvalue weighted by molar-refractivity contribution is 7.85. The Morgan fingerprint density at radius 2 is 0.921 bits per heavy atom. The average molecular weight is 558 g/mol. The van der Waals surface area contributed by atoms with Crippen LogP contribution in [-0.2, 0) is 10.8 Å². The molecule has 38 heavy (non-hydrogen) atoms. The van der Waals surface area contributed by atoms with Crippen molar-refractivity contribution in [3.05, 3.63) is 101 Å². The van der Waals surface area contributed by atoms with E-state index in [1.807, 2.05) is 0 Å². The molecule has 12 heteroatoms. The van der Waals surface area contributed by atoms with Gasteiger partial charge in [0.15, 0.2) is 34.9 Å². The molecule has 0 aromatic heterocycles. The van der Waals surface area contributed by atoms with Gasteiger partial charge in [0, 0.05) is 5.56 Å². The van der Waals surface area contributed by atoms with Crippen molar-refractivity contribution >= 4 is 10.8 Å². The van der Waals surface area contributed by atoms with Crippen LogP contribution in [0.1, 0.15) is 5.56 Å². The highest BCUT2D eigenvalue weighted by Crippen LogP contribution is 2.38. The zero-order chi connectivity index (χ0) is 27.9. The molecule has 0 amide bonds. The Labute approximate surface area is 212 Å². The van der Waals surface area contributed by atoms with Gasteiger partial charge in [-0.3, -0.25) is 0 Å². The quantitative estimate of drug-likeness (QED) is 0.179. The fraction of sp³-hybridized carbons (Fsp3) is 0.0769. The highest BCUT2D eigenvalue weighted by atomic mass is 32.2. The van der Waals surface area contributed by atoms with Crippen LogP contribution in [0.25, 0.3) is 11.1 Å².